The average Bonchev–Trinajstić information content (AvgIpc) is 2.21. The van der Waals surface area contributed by atoms with Gasteiger partial charge in [0.25, 0.3) is 0 Å². The molecule has 0 aliphatic carbocycles. The smallest absolute Gasteiger partial charge is 0.315 e. The first-order valence-electron chi connectivity index (χ1n) is 5.62. The van der Waals surface area contributed by atoms with Crippen molar-refractivity contribution in [3.63, 3.8) is 0 Å². The molecule has 84 valence electrons. The van der Waals surface area contributed by atoms with Gasteiger partial charge in [-0.2, -0.15) is 0 Å². The van der Waals surface area contributed by atoms with E-state index in [-0.39, 0.29) is 5.97 Å². The van der Waals surface area contributed by atoms with Crippen LogP contribution in [-0.4, -0.2) is 5.97 Å². The lowest BCUT2D eigenvalue weighted by Gasteiger charge is -2.00. The van der Waals surface area contributed by atoms with Crippen LogP contribution < -0.4 is 0 Å². The van der Waals surface area contributed by atoms with E-state index in [2.05, 4.69) is 9.99 Å². The summed E-state index contributed by atoms with van der Waals surface area (Å²) in [5.41, 5.74) is 0. The minimum absolute atomic E-state index is 0.0865. The predicted molar refractivity (Wildman–Crippen MR) is 67.3 cm³/mol. The van der Waals surface area contributed by atoms with E-state index < -0.39 is 0 Å². The van der Waals surface area contributed by atoms with Crippen LogP contribution in [-0.2, 0) is 7.86 Å². The molecule has 14 heavy (non-hydrogen) atoms. The molecule has 0 amide bonds. The van der Waals surface area contributed by atoms with Crippen LogP contribution in [0.5, 0.6) is 0 Å². The minimum atomic E-state index is -0.0865. The minimum Gasteiger partial charge on any atom is -0.394 e. The molecule has 0 atom stereocenters. The van der Waals surface area contributed by atoms with Crippen LogP contribution in [0.2, 0.25) is 0 Å². The van der Waals surface area contributed by atoms with E-state index in [1.807, 2.05) is 0 Å². The molecule has 0 N–H and O–H groups in total. The van der Waals surface area contributed by atoms with Gasteiger partial charge in [0.05, 0.1) is 0 Å². The first kappa shape index (κ1) is 14.2. The standard InChI is InChI=1S/C11H21IO2/c1-2-3-4-5-6-7-8-9-10-11(13)14-12/h2-10H2,1H3. The molecule has 0 fully saturated rings. The van der Waals surface area contributed by atoms with Crippen molar-refractivity contribution in [3.8, 4) is 0 Å². The van der Waals surface area contributed by atoms with Gasteiger partial charge >= 0.3 is 5.97 Å². The van der Waals surface area contributed by atoms with E-state index in [1.165, 1.54) is 38.5 Å². The average molecular weight is 312 g/mol. The van der Waals surface area contributed by atoms with Crippen LogP contribution in [0.15, 0.2) is 0 Å². The van der Waals surface area contributed by atoms with Gasteiger partial charge in [-0.1, -0.05) is 51.9 Å². The molecule has 0 aliphatic rings. The highest BCUT2D eigenvalue weighted by Crippen LogP contribution is 2.10. The molecule has 0 saturated heterocycles. The molecule has 3 heteroatoms. The number of hydrogen-bond donors (Lipinski definition) is 0. The van der Waals surface area contributed by atoms with Gasteiger partial charge in [-0.15, -0.1) is 0 Å². The summed E-state index contributed by atoms with van der Waals surface area (Å²) in [5.74, 6) is -0.0865. The third-order valence-corrected chi connectivity index (χ3v) is 2.81. The summed E-state index contributed by atoms with van der Waals surface area (Å²) in [6.07, 6.45) is 10.7. The largest absolute Gasteiger partial charge is 0.394 e. The van der Waals surface area contributed by atoms with Gasteiger partial charge in [0.15, 0.2) is 23.0 Å². The Hall–Kier alpha value is 0.200. The summed E-state index contributed by atoms with van der Waals surface area (Å²) in [7, 11) is 0. The molecule has 0 aromatic heterocycles. The van der Waals surface area contributed by atoms with Gasteiger partial charge in [-0.3, -0.25) is 4.79 Å². The molecule has 0 rings (SSSR count). The number of carbonyl (C=O) groups excluding carboxylic acids is 1. The zero-order valence-electron chi connectivity index (χ0n) is 9.06. The van der Waals surface area contributed by atoms with E-state index in [1.54, 1.807) is 23.0 Å². The summed E-state index contributed by atoms with van der Waals surface area (Å²) in [5, 5.41) is 0. The van der Waals surface area contributed by atoms with E-state index >= 15 is 0 Å². The number of hydrogen-bond acceptors (Lipinski definition) is 2. The summed E-state index contributed by atoms with van der Waals surface area (Å²) >= 11 is 1.65. The Labute approximate surface area is 101 Å². The lowest BCUT2D eigenvalue weighted by Crippen LogP contribution is -1.95. The maximum atomic E-state index is 10.8. The first-order valence-corrected chi connectivity index (χ1v) is 6.50. The fourth-order valence-electron chi connectivity index (χ4n) is 1.44. The fourth-order valence-corrected chi connectivity index (χ4v) is 1.66. The highest BCUT2D eigenvalue weighted by atomic mass is 127. The first-order chi connectivity index (χ1) is 6.81. The molecule has 0 unspecified atom stereocenters. The Kier molecular flexibility index (Phi) is 11.4. The highest BCUT2D eigenvalue weighted by molar-refractivity contribution is 14.1. The van der Waals surface area contributed by atoms with Crippen molar-refractivity contribution in [2.75, 3.05) is 0 Å². The van der Waals surface area contributed by atoms with Crippen molar-refractivity contribution in [2.45, 2.75) is 64.7 Å². The lowest BCUT2D eigenvalue weighted by atomic mass is 10.1. The Morgan fingerprint density at radius 1 is 1.00 bits per heavy atom. The highest BCUT2D eigenvalue weighted by Gasteiger charge is 1.99. The Bertz CT molecular complexity index is 137. The van der Waals surface area contributed by atoms with Crippen molar-refractivity contribution in [1.82, 2.24) is 0 Å². The second-order valence-electron chi connectivity index (χ2n) is 3.67. The molecule has 0 heterocycles. The topological polar surface area (TPSA) is 26.3 Å². The van der Waals surface area contributed by atoms with E-state index in [0.717, 1.165) is 12.8 Å². The molecule has 0 aromatic rings. The van der Waals surface area contributed by atoms with Gasteiger partial charge in [0.2, 0.25) is 0 Å². The van der Waals surface area contributed by atoms with Gasteiger partial charge < -0.3 is 3.07 Å². The van der Waals surface area contributed by atoms with Gasteiger partial charge in [0, 0.05) is 6.42 Å². The van der Waals surface area contributed by atoms with Crippen LogP contribution in [0.4, 0.5) is 0 Å². The maximum Gasteiger partial charge on any atom is 0.315 e. The quantitative estimate of drug-likeness (QED) is 0.465. The van der Waals surface area contributed by atoms with E-state index in [4.69, 9.17) is 0 Å². The predicted octanol–water partition coefficient (Wildman–Crippen LogP) is 4.41. The van der Waals surface area contributed by atoms with Gasteiger partial charge in [-0.05, 0) is 6.42 Å². The van der Waals surface area contributed by atoms with Crippen LogP contribution in [0.1, 0.15) is 64.7 Å². The third-order valence-electron chi connectivity index (χ3n) is 2.32. The second-order valence-corrected chi connectivity index (χ2v) is 4.11. The summed E-state index contributed by atoms with van der Waals surface area (Å²) in [4.78, 5) is 10.8. The van der Waals surface area contributed by atoms with E-state index in [9.17, 15) is 4.79 Å². The molecule has 0 bridgehead atoms. The fraction of sp³-hybridized carbons (Fsp3) is 0.909. The van der Waals surface area contributed by atoms with Crippen LogP contribution >= 0.6 is 23.0 Å². The zero-order chi connectivity index (χ0) is 10.6. The van der Waals surface area contributed by atoms with Crippen LogP contribution in [0.25, 0.3) is 0 Å². The normalized spacial score (nSPS) is 10.1. The van der Waals surface area contributed by atoms with Crippen molar-refractivity contribution in [1.29, 1.82) is 0 Å². The van der Waals surface area contributed by atoms with Crippen molar-refractivity contribution in [2.24, 2.45) is 0 Å². The molecule has 0 saturated carbocycles. The number of halogens is 1. The number of rotatable bonds is 9. The number of carbonyl (C=O) groups is 1. The van der Waals surface area contributed by atoms with Gasteiger partial charge in [0.1, 0.15) is 0 Å². The summed E-state index contributed by atoms with van der Waals surface area (Å²) < 4.78 is 4.54. The molecular formula is C11H21IO2. The molecule has 2 nitrogen and oxygen atoms in total. The molecule has 0 aromatic carbocycles. The molecule has 0 radical (unpaired) electrons. The van der Waals surface area contributed by atoms with Crippen LogP contribution in [0, 0.1) is 0 Å². The van der Waals surface area contributed by atoms with Crippen molar-refractivity contribution < 1.29 is 7.86 Å². The van der Waals surface area contributed by atoms with Crippen LogP contribution in [0.3, 0.4) is 0 Å². The SMILES string of the molecule is CCCCCCCCCCC(=O)OI. The zero-order valence-corrected chi connectivity index (χ0v) is 11.2. The van der Waals surface area contributed by atoms with E-state index in [0.29, 0.717) is 6.42 Å². The maximum absolute atomic E-state index is 10.8. The Balaban J connectivity index is 2.95. The van der Waals surface area contributed by atoms with Crippen molar-refractivity contribution in [3.05, 3.63) is 0 Å². The van der Waals surface area contributed by atoms with Gasteiger partial charge in [-0.25, -0.2) is 0 Å². The molecule has 0 aliphatic heterocycles. The summed E-state index contributed by atoms with van der Waals surface area (Å²) in [6, 6.07) is 0. The summed E-state index contributed by atoms with van der Waals surface area (Å²) in [6.45, 7) is 2.23. The molecular weight excluding hydrogens is 291 g/mol. The lowest BCUT2D eigenvalue weighted by molar-refractivity contribution is -0.131. The third kappa shape index (κ3) is 10.3. The Morgan fingerprint density at radius 3 is 2.00 bits per heavy atom. The number of unbranched alkanes of at least 4 members (excludes halogenated alkanes) is 7. The second kappa shape index (κ2) is 11.3. The molecule has 0 spiro atoms. The Morgan fingerprint density at radius 2 is 1.50 bits per heavy atom. The monoisotopic (exact) mass is 312 g/mol. The van der Waals surface area contributed by atoms with Crippen molar-refractivity contribution >= 4 is 29.0 Å².